The summed E-state index contributed by atoms with van der Waals surface area (Å²) in [7, 11) is 2.14. The Kier molecular flexibility index (Phi) is 3.64. The number of hydrogen-bond acceptors (Lipinski definition) is 5. The highest BCUT2D eigenvalue weighted by molar-refractivity contribution is 6.03. The van der Waals surface area contributed by atoms with E-state index in [9.17, 15) is 4.79 Å². The predicted octanol–water partition coefficient (Wildman–Crippen LogP) is 2.40. The van der Waals surface area contributed by atoms with Gasteiger partial charge in [-0.1, -0.05) is 0 Å². The first-order valence-electron chi connectivity index (χ1n) is 8.96. The van der Waals surface area contributed by atoms with Gasteiger partial charge >= 0.3 is 0 Å². The van der Waals surface area contributed by atoms with Crippen LogP contribution in [0.2, 0.25) is 0 Å². The molecule has 1 N–H and O–H groups in total. The second kappa shape index (κ2) is 6.17. The summed E-state index contributed by atoms with van der Waals surface area (Å²) in [4.78, 5) is 27.9. The fraction of sp³-hybridized carbons (Fsp3) is 0.263. The molecule has 27 heavy (non-hydrogen) atoms. The Balaban J connectivity index is 1.40. The van der Waals surface area contributed by atoms with Gasteiger partial charge in [0.05, 0.1) is 23.6 Å². The highest BCUT2D eigenvalue weighted by Gasteiger charge is 2.24. The zero-order valence-corrected chi connectivity index (χ0v) is 14.9. The number of carbonyl (C=O) groups excluding carboxylic acids is 1. The highest BCUT2D eigenvalue weighted by Crippen LogP contribution is 2.30. The molecule has 1 fully saturated rings. The summed E-state index contributed by atoms with van der Waals surface area (Å²) < 4.78 is 3.73. The summed E-state index contributed by atoms with van der Waals surface area (Å²) in [5.74, 6) is -0.256. The van der Waals surface area contributed by atoms with Crippen molar-refractivity contribution in [2.24, 2.45) is 0 Å². The van der Waals surface area contributed by atoms with E-state index in [-0.39, 0.29) is 5.91 Å². The van der Waals surface area contributed by atoms with Gasteiger partial charge in [-0.3, -0.25) is 14.7 Å². The van der Waals surface area contributed by atoms with E-state index in [0.29, 0.717) is 23.1 Å². The molecular formula is C19H19N7O. The Bertz CT molecular complexity index is 1110. The summed E-state index contributed by atoms with van der Waals surface area (Å²) >= 11 is 0. The first-order valence-corrected chi connectivity index (χ1v) is 8.96. The molecule has 1 atom stereocenters. The van der Waals surface area contributed by atoms with Crippen molar-refractivity contribution in [1.82, 2.24) is 28.7 Å². The Morgan fingerprint density at radius 2 is 2.07 bits per heavy atom. The van der Waals surface area contributed by atoms with Crippen molar-refractivity contribution in [3.8, 4) is 0 Å². The van der Waals surface area contributed by atoms with Crippen LogP contribution in [0.4, 0.5) is 5.69 Å². The number of nitrogens with zero attached hydrogens (tertiary/aromatic N) is 6. The quantitative estimate of drug-likeness (QED) is 0.606. The third-order valence-electron chi connectivity index (χ3n) is 5.09. The van der Waals surface area contributed by atoms with Gasteiger partial charge in [0.1, 0.15) is 11.3 Å². The molecule has 8 heteroatoms. The molecule has 0 spiro atoms. The van der Waals surface area contributed by atoms with Gasteiger partial charge < -0.3 is 14.1 Å². The van der Waals surface area contributed by atoms with Crippen LogP contribution < -0.4 is 5.32 Å². The minimum atomic E-state index is -0.256. The van der Waals surface area contributed by atoms with Crippen LogP contribution in [0.1, 0.15) is 35.1 Å². The summed E-state index contributed by atoms with van der Waals surface area (Å²) in [6.45, 7) is 1.11. The van der Waals surface area contributed by atoms with Crippen LogP contribution in [0.5, 0.6) is 0 Å². The van der Waals surface area contributed by atoms with Crippen molar-refractivity contribution in [3.05, 3.63) is 60.7 Å². The molecule has 5 rings (SSSR count). The lowest BCUT2D eigenvalue weighted by Gasteiger charge is -2.16. The number of aromatic nitrogens is 5. The van der Waals surface area contributed by atoms with E-state index in [4.69, 9.17) is 4.98 Å². The molecule has 136 valence electrons. The molecule has 4 aromatic heterocycles. The van der Waals surface area contributed by atoms with Crippen molar-refractivity contribution in [1.29, 1.82) is 0 Å². The second-order valence-electron chi connectivity index (χ2n) is 6.91. The minimum Gasteiger partial charge on any atom is -0.319 e. The molecule has 5 heterocycles. The molecule has 4 aromatic rings. The van der Waals surface area contributed by atoms with Gasteiger partial charge in [0.15, 0.2) is 5.65 Å². The van der Waals surface area contributed by atoms with Crippen LogP contribution >= 0.6 is 0 Å². The van der Waals surface area contributed by atoms with Gasteiger partial charge in [-0.2, -0.15) is 0 Å². The van der Waals surface area contributed by atoms with Crippen LogP contribution in [-0.2, 0) is 0 Å². The first kappa shape index (κ1) is 16.0. The molecular weight excluding hydrogens is 342 g/mol. The molecule has 0 bridgehead atoms. The number of likely N-dealkylation sites (tertiary alicyclic amines) is 1. The van der Waals surface area contributed by atoms with Crippen molar-refractivity contribution >= 4 is 22.9 Å². The fourth-order valence-corrected chi connectivity index (χ4v) is 3.68. The Hall–Kier alpha value is -3.26. The average molecular weight is 361 g/mol. The van der Waals surface area contributed by atoms with Gasteiger partial charge in [0, 0.05) is 31.0 Å². The van der Waals surface area contributed by atoms with Gasteiger partial charge in [-0.15, -0.1) is 0 Å². The van der Waals surface area contributed by atoms with E-state index in [1.807, 2.05) is 28.9 Å². The summed E-state index contributed by atoms with van der Waals surface area (Å²) in [5.41, 5.74) is 3.64. The van der Waals surface area contributed by atoms with E-state index < -0.39 is 0 Å². The minimum absolute atomic E-state index is 0.256. The zero-order valence-electron chi connectivity index (χ0n) is 14.9. The summed E-state index contributed by atoms with van der Waals surface area (Å²) in [6.07, 6.45) is 13.0. The zero-order chi connectivity index (χ0) is 18.4. The van der Waals surface area contributed by atoms with Crippen LogP contribution in [0.3, 0.4) is 0 Å². The number of fused-ring (bicyclic) bond motifs is 2. The Labute approximate surface area is 155 Å². The number of carbonyl (C=O) groups is 1. The maximum Gasteiger partial charge on any atom is 0.275 e. The van der Waals surface area contributed by atoms with Gasteiger partial charge in [-0.25, -0.2) is 9.97 Å². The summed E-state index contributed by atoms with van der Waals surface area (Å²) in [6, 6.07) is 4.15. The van der Waals surface area contributed by atoms with E-state index in [2.05, 4.69) is 27.2 Å². The maximum absolute atomic E-state index is 12.5. The number of anilines is 1. The number of rotatable bonds is 3. The number of imidazole rings is 2. The first-order chi connectivity index (χ1) is 13.2. The number of amides is 1. The Morgan fingerprint density at radius 1 is 1.15 bits per heavy atom. The monoisotopic (exact) mass is 361 g/mol. The lowest BCUT2D eigenvalue weighted by molar-refractivity contribution is 0.102. The molecule has 1 unspecified atom stereocenters. The number of nitrogens with one attached hydrogen (secondary N) is 1. The van der Waals surface area contributed by atoms with E-state index in [1.165, 1.54) is 6.42 Å². The lowest BCUT2D eigenvalue weighted by atomic mass is 10.2. The van der Waals surface area contributed by atoms with E-state index in [0.717, 1.165) is 24.3 Å². The molecule has 1 aliphatic heterocycles. The van der Waals surface area contributed by atoms with Crippen LogP contribution in [-0.4, -0.2) is 48.2 Å². The van der Waals surface area contributed by atoms with Crippen molar-refractivity contribution in [2.75, 3.05) is 18.9 Å². The second-order valence-corrected chi connectivity index (χ2v) is 6.91. The molecule has 0 saturated carbocycles. The fourth-order valence-electron chi connectivity index (χ4n) is 3.68. The normalized spacial score (nSPS) is 17.7. The smallest absolute Gasteiger partial charge is 0.275 e. The maximum atomic E-state index is 12.5. The molecule has 0 aromatic carbocycles. The van der Waals surface area contributed by atoms with Gasteiger partial charge in [0.2, 0.25) is 0 Å². The molecule has 0 radical (unpaired) electrons. The molecule has 8 nitrogen and oxygen atoms in total. The van der Waals surface area contributed by atoms with E-state index >= 15 is 0 Å². The summed E-state index contributed by atoms with van der Waals surface area (Å²) in [5, 5.41) is 2.90. The Morgan fingerprint density at radius 3 is 2.89 bits per heavy atom. The van der Waals surface area contributed by atoms with Crippen molar-refractivity contribution in [3.63, 3.8) is 0 Å². The third kappa shape index (κ3) is 2.83. The SMILES string of the molecule is CN1CCCC1c1cn2cc(NC(=O)c3cn4ccncc4n3)ccc2n1. The van der Waals surface area contributed by atoms with E-state index in [1.54, 1.807) is 29.2 Å². The number of pyridine rings is 1. The molecule has 1 aliphatic rings. The van der Waals surface area contributed by atoms with Gasteiger partial charge in [0.25, 0.3) is 5.91 Å². The standard InChI is InChI=1S/C19H19N7O/c1-24-7-2-3-16(24)14-11-26-10-13(4-5-17(26)22-14)21-19(27)15-12-25-8-6-20-9-18(25)23-15/h4-6,8-12,16H,2-3,7H2,1H3,(H,21,27). The number of hydrogen-bond donors (Lipinski definition) is 1. The van der Waals surface area contributed by atoms with Crippen molar-refractivity contribution in [2.45, 2.75) is 18.9 Å². The predicted molar refractivity (Wildman–Crippen MR) is 101 cm³/mol. The van der Waals surface area contributed by atoms with Crippen LogP contribution in [0.25, 0.3) is 11.3 Å². The third-order valence-corrected chi connectivity index (χ3v) is 5.09. The molecule has 1 amide bonds. The lowest BCUT2D eigenvalue weighted by Crippen LogP contribution is -2.17. The van der Waals surface area contributed by atoms with Crippen LogP contribution in [0, 0.1) is 0 Å². The highest BCUT2D eigenvalue weighted by atomic mass is 16.1. The van der Waals surface area contributed by atoms with Crippen molar-refractivity contribution < 1.29 is 4.79 Å². The molecule has 0 aliphatic carbocycles. The largest absolute Gasteiger partial charge is 0.319 e. The topological polar surface area (TPSA) is 79.8 Å². The van der Waals surface area contributed by atoms with Gasteiger partial charge in [-0.05, 0) is 38.6 Å². The molecule has 1 saturated heterocycles. The average Bonchev–Trinajstić information content (AvgIpc) is 3.38. The van der Waals surface area contributed by atoms with Crippen LogP contribution in [0.15, 0.2) is 49.3 Å².